The topological polar surface area (TPSA) is 53.4 Å². The molecule has 2 fully saturated rings. The first-order valence-electron chi connectivity index (χ1n) is 10.4. The predicted molar refractivity (Wildman–Crippen MR) is 103 cm³/mol. The SMILES string of the molecule is O=c1cc(C2CC2)n2c(n1)O[C@H](COc1ccc(C3CCC(F)(F)CC3)cc1)C2. The van der Waals surface area contributed by atoms with Crippen molar-refractivity contribution in [2.24, 2.45) is 0 Å². The van der Waals surface area contributed by atoms with Crippen LogP contribution in [0.4, 0.5) is 8.78 Å². The van der Waals surface area contributed by atoms with E-state index in [-0.39, 0.29) is 30.4 Å². The summed E-state index contributed by atoms with van der Waals surface area (Å²) in [7, 11) is 0. The average Bonchev–Trinajstić information content (AvgIpc) is 3.46. The van der Waals surface area contributed by atoms with Crippen LogP contribution >= 0.6 is 0 Å². The van der Waals surface area contributed by atoms with E-state index in [2.05, 4.69) is 4.98 Å². The summed E-state index contributed by atoms with van der Waals surface area (Å²) in [6, 6.07) is 9.73. The number of rotatable bonds is 5. The van der Waals surface area contributed by atoms with Crippen molar-refractivity contribution < 1.29 is 18.3 Å². The highest BCUT2D eigenvalue weighted by molar-refractivity contribution is 5.30. The second kappa shape index (κ2) is 7.11. The van der Waals surface area contributed by atoms with Crippen LogP contribution in [0.15, 0.2) is 35.1 Å². The van der Waals surface area contributed by atoms with Crippen LogP contribution in [0.2, 0.25) is 0 Å². The third-order valence-corrected chi connectivity index (χ3v) is 6.18. The van der Waals surface area contributed by atoms with E-state index < -0.39 is 5.92 Å². The quantitative estimate of drug-likeness (QED) is 0.750. The molecule has 1 aliphatic heterocycles. The van der Waals surface area contributed by atoms with E-state index in [1.54, 1.807) is 6.07 Å². The van der Waals surface area contributed by atoms with E-state index in [1.807, 2.05) is 28.8 Å². The molecular formula is C22H24F2N2O3. The van der Waals surface area contributed by atoms with Crippen LogP contribution in [0.3, 0.4) is 0 Å². The molecule has 1 aromatic heterocycles. The summed E-state index contributed by atoms with van der Waals surface area (Å²) in [5.41, 5.74) is 1.86. The van der Waals surface area contributed by atoms with Gasteiger partial charge in [-0.1, -0.05) is 12.1 Å². The van der Waals surface area contributed by atoms with Gasteiger partial charge in [0, 0.05) is 24.6 Å². The van der Waals surface area contributed by atoms with Gasteiger partial charge in [-0.25, -0.2) is 8.78 Å². The molecule has 0 radical (unpaired) electrons. The summed E-state index contributed by atoms with van der Waals surface area (Å²) in [6.07, 6.45) is 3.00. The monoisotopic (exact) mass is 402 g/mol. The number of halogens is 2. The summed E-state index contributed by atoms with van der Waals surface area (Å²) in [4.78, 5) is 15.8. The third kappa shape index (κ3) is 4.00. The Labute approximate surface area is 167 Å². The Hall–Kier alpha value is -2.44. The fraction of sp³-hybridized carbons (Fsp3) is 0.545. The molecule has 0 spiro atoms. The van der Waals surface area contributed by atoms with E-state index in [4.69, 9.17) is 9.47 Å². The van der Waals surface area contributed by atoms with Crippen LogP contribution in [0, 0.1) is 0 Å². The number of fused-ring (bicyclic) bond motifs is 1. The van der Waals surface area contributed by atoms with E-state index in [9.17, 15) is 13.6 Å². The van der Waals surface area contributed by atoms with Crippen molar-refractivity contribution in [1.29, 1.82) is 0 Å². The lowest BCUT2D eigenvalue weighted by atomic mass is 9.82. The number of benzene rings is 1. The van der Waals surface area contributed by atoms with Crippen molar-refractivity contribution in [3.05, 3.63) is 51.9 Å². The standard InChI is InChI=1S/C22H24F2N2O3/c23-22(24)9-7-15(8-10-22)14-3-5-17(6-4-14)28-13-18-12-26-19(16-1-2-16)11-20(27)25-21(26)29-18/h3-6,11,15-16,18H,1-2,7-10,12-13H2/t18-/m0/s1. The van der Waals surface area contributed by atoms with Crippen LogP contribution < -0.4 is 15.0 Å². The van der Waals surface area contributed by atoms with Crippen molar-refractivity contribution in [1.82, 2.24) is 9.55 Å². The van der Waals surface area contributed by atoms with Crippen LogP contribution in [0.1, 0.15) is 61.6 Å². The molecule has 5 rings (SSSR count). The lowest BCUT2D eigenvalue weighted by molar-refractivity contribution is -0.0382. The maximum atomic E-state index is 13.3. The van der Waals surface area contributed by atoms with Crippen molar-refractivity contribution in [3.63, 3.8) is 0 Å². The molecule has 0 N–H and O–H groups in total. The maximum absolute atomic E-state index is 13.3. The Morgan fingerprint density at radius 3 is 2.52 bits per heavy atom. The van der Waals surface area contributed by atoms with E-state index >= 15 is 0 Å². The largest absolute Gasteiger partial charge is 0.490 e. The molecular weight excluding hydrogens is 378 g/mol. The van der Waals surface area contributed by atoms with Gasteiger partial charge in [0.15, 0.2) is 6.10 Å². The van der Waals surface area contributed by atoms with Gasteiger partial charge in [-0.15, -0.1) is 0 Å². The highest BCUT2D eigenvalue weighted by Crippen LogP contribution is 2.42. The second-order valence-electron chi connectivity index (χ2n) is 8.44. The van der Waals surface area contributed by atoms with Gasteiger partial charge >= 0.3 is 0 Å². The second-order valence-corrected chi connectivity index (χ2v) is 8.44. The number of hydrogen-bond donors (Lipinski definition) is 0. The fourth-order valence-electron chi connectivity index (χ4n) is 4.37. The first-order valence-corrected chi connectivity index (χ1v) is 10.4. The van der Waals surface area contributed by atoms with Gasteiger partial charge in [0.05, 0.1) is 6.54 Å². The van der Waals surface area contributed by atoms with Crippen molar-refractivity contribution >= 4 is 0 Å². The maximum Gasteiger partial charge on any atom is 0.300 e. The van der Waals surface area contributed by atoms with E-state index in [0.29, 0.717) is 37.9 Å². The molecule has 0 saturated heterocycles. The highest BCUT2D eigenvalue weighted by atomic mass is 19.3. The number of ether oxygens (including phenoxy) is 2. The molecule has 7 heteroatoms. The molecule has 0 amide bonds. The van der Waals surface area contributed by atoms with E-state index in [1.165, 1.54) is 0 Å². The first kappa shape index (κ1) is 18.6. The van der Waals surface area contributed by atoms with Crippen LogP contribution in [0.25, 0.3) is 0 Å². The third-order valence-electron chi connectivity index (χ3n) is 6.18. The Morgan fingerprint density at radius 2 is 1.83 bits per heavy atom. The Balaban J connectivity index is 1.18. The number of nitrogens with zero attached hydrogens (tertiary/aromatic N) is 2. The predicted octanol–water partition coefficient (Wildman–Crippen LogP) is 4.25. The smallest absolute Gasteiger partial charge is 0.300 e. The molecule has 2 aliphatic carbocycles. The molecule has 1 aromatic carbocycles. The van der Waals surface area contributed by atoms with Crippen molar-refractivity contribution in [2.75, 3.05) is 6.61 Å². The zero-order valence-corrected chi connectivity index (χ0v) is 16.2. The van der Waals surface area contributed by atoms with Gasteiger partial charge in [0.25, 0.3) is 11.6 Å². The summed E-state index contributed by atoms with van der Waals surface area (Å²) in [5.74, 6) is -1.14. The minimum Gasteiger partial charge on any atom is -0.490 e. The first-order chi connectivity index (χ1) is 14.0. The van der Waals surface area contributed by atoms with E-state index in [0.717, 1.165) is 29.8 Å². The van der Waals surface area contributed by atoms with Gasteiger partial charge in [-0.3, -0.25) is 9.36 Å². The molecule has 154 valence electrons. The van der Waals surface area contributed by atoms with Gasteiger partial charge in [0.1, 0.15) is 12.4 Å². The zero-order valence-electron chi connectivity index (χ0n) is 16.2. The van der Waals surface area contributed by atoms with Gasteiger partial charge in [-0.2, -0.15) is 4.98 Å². The fourth-order valence-corrected chi connectivity index (χ4v) is 4.37. The summed E-state index contributed by atoms with van der Waals surface area (Å²) < 4.78 is 40.4. The minimum absolute atomic E-state index is 0.0326. The number of hydrogen-bond acceptors (Lipinski definition) is 4. The molecule has 0 unspecified atom stereocenters. The lowest BCUT2D eigenvalue weighted by Gasteiger charge is -2.28. The molecule has 29 heavy (non-hydrogen) atoms. The van der Waals surface area contributed by atoms with Gasteiger partial charge in [-0.05, 0) is 55.2 Å². The van der Waals surface area contributed by atoms with Crippen LogP contribution in [0.5, 0.6) is 11.8 Å². The van der Waals surface area contributed by atoms with Gasteiger partial charge < -0.3 is 9.47 Å². The molecule has 5 nitrogen and oxygen atoms in total. The van der Waals surface area contributed by atoms with Crippen molar-refractivity contribution in [2.45, 2.75) is 68.9 Å². The normalized spacial score (nSPS) is 23.4. The van der Waals surface area contributed by atoms with Crippen LogP contribution in [-0.2, 0) is 6.54 Å². The van der Waals surface area contributed by atoms with Crippen molar-refractivity contribution in [3.8, 4) is 11.8 Å². The Bertz CT molecular complexity index is 944. The summed E-state index contributed by atoms with van der Waals surface area (Å²) >= 11 is 0. The summed E-state index contributed by atoms with van der Waals surface area (Å²) in [5, 5.41) is 0. The lowest BCUT2D eigenvalue weighted by Crippen LogP contribution is -2.24. The molecule has 1 atom stereocenters. The molecule has 2 aromatic rings. The molecule has 0 bridgehead atoms. The highest BCUT2D eigenvalue weighted by Gasteiger charge is 2.35. The Morgan fingerprint density at radius 1 is 1.10 bits per heavy atom. The zero-order chi connectivity index (χ0) is 20.0. The Kier molecular flexibility index (Phi) is 4.56. The minimum atomic E-state index is -2.50. The average molecular weight is 402 g/mol. The van der Waals surface area contributed by atoms with Gasteiger partial charge in [0.2, 0.25) is 5.92 Å². The van der Waals surface area contributed by atoms with Crippen LogP contribution in [-0.4, -0.2) is 28.2 Å². The number of alkyl halides is 2. The molecule has 2 heterocycles. The molecule has 3 aliphatic rings. The molecule has 2 saturated carbocycles. The number of aromatic nitrogens is 2. The summed E-state index contributed by atoms with van der Waals surface area (Å²) in [6.45, 7) is 0.986.